The molecule has 14 heteroatoms. The van der Waals surface area contributed by atoms with E-state index in [2.05, 4.69) is 27.8 Å². The van der Waals surface area contributed by atoms with E-state index in [0.29, 0.717) is 19.4 Å². The summed E-state index contributed by atoms with van der Waals surface area (Å²) in [7, 11) is -3.66. The Morgan fingerprint density at radius 2 is 1.60 bits per heavy atom. The predicted octanol–water partition coefficient (Wildman–Crippen LogP) is 2.83. The van der Waals surface area contributed by atoms with Gasteiger partial charge in [-0.2, -0.15) is 4.31 Å². The van der Waals surface area contributed by atoms with E-state index in [9.17, 15) is 32.4 Å². The second-order valence-corrected chi connectivity index (χ2v) is 19.4. The molecule has 13 nitrogen and oxygen atoms in total. The second kappa shape index (κ2) is 15.3. The van der Waals surface area contributed by atoms with Crippen molar-refractivity contribution in [2.45, 2.75) is 98.9 Å². The van der Waals surface area contributed by atoms with Crippen molar-refractivity contribution in [1.29, 1.82) is 0 Å². The van der Waals surface area contributed by atoms with E-state index in [-0.39, 0.29) is 42.8 Å². The van der Waals surface area contributed by atoms with Crippen molar-refractivity contribution in [3.05, 3.63) is 48.6 Å². The van der Waals surface area contributed by atoms with E-state index in [1.165, 1.54) is 15.3 Å². The summed E-state index contributed by atoms with van der Waals surface area (Å²) < 4.78 is 27.1. The van der Waals surface area contributed by atoms with Crippen molar-refractivity contribution in [2.75, 3.05) is 25.9 Å². The van der Waals surface area contributed by atoms with Crippen molar-refractivity contribution in [3.63, 3.8) is 0 Å². The molecule has 3 fully saturated rings. The second-order valence-electron chi connectivity index (χ2n) is 17.5. The number of hydrogen-bond acceptors (Lipinski definition) is 7. The number of nitrogens with zero attached hydrogens (tertiary/aromatic N) is 2. The highest BCUT2D eigenvalue weighted by atomic mass is 32.2. The van der Waals surface area contributed by atoms with E-state index >= 15 is 0 Å². The van der Waals surface area contributed by atoms with Gasteiger partial charge in [0.25, 0.3) is 5.91 Å². The van der Waals surface area contributed by atoms with E-state index in [1.54, 1.807) is 0 Å². The summed E-state index contributed by atoms with van der Waals surface area (Å²) in [5.74, 6) is -2.71. The summed E-state index contributed by atoms with van der Waals surface area (Å²) >= 11 is 0. The fourth-order valence-corrected chi connectivity index (χ4v) is 8.06. The first-order chi connectivity index (χ1) is 24.0. The zero-order chi connectivity index (χ0) is 39.0. The molecule has 0 radical (unpaired) electrons. The SMILES string of the molecule is C=CCNC(=O)C(=O)C(NC(=O)[C@@H]1[C@@H]2[C@H](CN1C(=O)[C@@H](NC(=O)N[C@H](CN(Cc1ccccc1)S(C)(=O)=O)C(C)(C)C)C(C)(C)C)C2(C)C)C1CC1. The van der Waals surface area contributed by atoms with Crippen LogP contribution < -0.4 is 21.3 Å². The number of likely N-dealkylation sites (tertiary alicyclic amines) is 1. The Morgan fingerprint density at radius 1 is 0.981 bits per heavy atom. The minimum absolute atomic E-state index is 0.00190. The van der Waals surface area contributed by atoms with Crippen LogP contribution >= 0.6 is 0 Å². The highest BCUT2D eigenvalue weighted by Crippen LogP contribution is 2.65. The summed E-state index contributed by atoms with van der Waals surface area (Å²) in [6, 6.07) is 4.97. The van der Waals surface area contributed by atoms with E-state index in [4.69, 9.17) is 0 Å². The first-order valence-electron chi connectivity index (χ1n) is 18.1. The number of carbonyl (C=O) groups excluding carboxylic acids is 5. The molecule has 1 unspecified atom stereocenters. The Balaban J connectivity index is 1.53. The lowest BCUT2D eigenvalue weighted by Gasteiger charge is -2.39. The minimum atomic E-state index is -3.66. The third kappa shape index (κ3) is 9.60. The molecule has 288 valence electrons. The average molecular weight is 743 g/mol. The molecule has 4 N–H and O–H groups in total. The van der Waals surface area contributed by atoms with Gasteiger partial charge in [0.05, 0.1) is 6.26 Å². The van der Waals surface area contributed by atoms with E-state index < -0.39 is 74.6 Å². The van der Waals surface area contributed by atoms with Gasteiger partial charge in [-0.25, -0.2) is 13.2 Å². The molecule has 1 aliphatic heterocycles. The highest BCUT2D eigenvalue weighted by Gasteiger charge is 2.70. The standard InChI is InChI=1S/C38H58N6O7S/c1-11-19-39-33(47)30(45)28(24-17-18-24)41-32(46)29-27-25(38(27,8)9)21-44(29)34(48)31(37(5,6)7)42-35(49)40-26(36(2,3)4)22-43(52(10,50)51)20-23-15-13-12-14-16-23/h11-16,24-29,31H,1,17-22H2,2-10H3,(H,39,47)(H,41,46)(H2,40,42,49)/t25-,26+,27-,28?,29-,31+/m0/s1. The number of urea groups is 1. The number of carbonyl (C=O) groups is 5. The van der Waals surface area contributed by atoms with Gasteiger partial charge >= 0.3 is 6.03 Å². The van der Waals surface area contributed by atoms with Crippen LogP contribution in [0.25, 0.3) is 0 Å². The summed E-state index contributed by atoms with van der Waals surface area (Å²) in [5, 5.41) is 11.2. The molecule has 0 bridgehead atoms. The molecule has 3 aliphatic rings. The number of ketones is 1. The maximum atomic E-state index is 14.5. The smallest absolute Gasteiger partial charge is 0.315 e. The van der Waals surface area contributed by atoms with Gasteiger partial charge in [0.1, 0.15) is 18.1 Å². The maximum Gasteiger partial charge on any atom is 0.315 e. The highest BCUT2D eigenvalue weighted by molar-refractivity contribution is 7.88. The molecule has 2 saturated carbocycles. The van der Waals surface area contributed by atoms with Crippen LogP contribution in [-0.4, -0.2) is 97.2 Å². The monoisotopic (exact) mass is 742 g/mol. The predicted molar refractivity (Wildman–Crippen MR) is 199 cm³/mol. The van der Waals surface area contributed by atoms with Gasteiger partial charge in [-0.15, -0.1) is 6.58 Å². The molecule has 5 amide bonds. The molecule has 1 saturated heterocycles. The zero-order valence-corrected chi connectivity index (χ0v) is 32.9. The van der Waals surface area contributed by atoms with Crippen LogP contribution in [-0.2, 0) is 35.7 Å². The largest absolute Gasteiger partial charge is 0.346 e. The maximum absolute atomic E-state index is 14.5. The normalized spacial score (nSPS) is 22.7. The Bertz CT molecular complexity index is 1650. The minimum Gasteiger partial charge on any atom is -0.346 e. The van der Waals surface area contributed by atoms with E-state index in [1.807, 2.05) is 85.7 Å². The number of nitrogens with one attached hydrogen (secondary N) is 4. The number of fused-ring (bicyclic) bond motifs is 1. The van der Waals surface area contributed by atoms with Gasteiger partial charge in [-0.1, -0.05) is 91.8 Å². The van der Waals surface area contributed by atoms with Crippen LogP contribution in [0.3, 0.4) is 0 Å². The Kier molecular flexibility index (Phi) is 12.1. The van der Waals surface area contributed by atoms with Crippen LogP contribution in [0.2, 0.25) is 0 Å². The van der Waals surface area contributed by atoms with Crippen LogP contribution in [0, 0.1) is 34.0 Å². The zero-order valence-electron chi connectivity index (χ0n) is 32.1. The molecule has 1 aromatic carbocycles. The number of benzene rings is 1. The number of sulfonamides is 1. The van der Waals surface area contributed by atoms with Gasteiger partial charge in [0.15, 0.2) is 0 Å². The lowest BCUT2D eigenvalue weighted by atomic mass is 9.85. The molecule has 1 aromatic rings. The number of piperidine rings is 1. The van der Waals surface area contributed by atoms with Crippen molar-refractivity contribution in [3.8, 4) is 0 Å². The Labute approximate surface area is 309 Å². The average Bonchev–Trinajstić information content (AvgIpc) is 3.91. The van der Waals surface area contributed by atoms with Crippen molar-refractivity contribution in [2.24, 2.45) is 34.0 Å². The molecule has 4 rings (SSSR count). The Morgan fingerprint density at radius 3 is 2.12 bits per heavy atom. The number of Topliss-reactive ketones (excluding diaryl/α,β-unsaturated/α-hetero) is 1. The lowest BCUT2D eigenvalue weighted by Crippen LogP contribution is -2.63. The summed E-state index contributed by atoms with van der Waals surface area (Å²) in [6.07, 6.45) is 4.00. The quantitative estimate of drug-likeness (QED) is 0.158. The Hall–Kier alpha value is -3.78. The molecule has 2 aliphatic carbocycles. The fourth-order valence-electron chi connectivity index (χ4n) is 7.26. The molecule has 6 atom stereocenters. The lowest BCUT2D eigenvalue weighted by molar-refractivity contribution is -0.145. The first kappa shape index (κ1) is 41.0. The first-order valence-corrected chi connectivity index (χ1v) is 19.9. The van der Waals surface area contributed by atoms with Crippen molar-refractivity contribution in [1.82, 2.24) is 30.5 Å². The summed E-state index contributed by atoms with van der Waals surface area (Å²) in [4.78, 5) is 69.5. The fraction of sp³-hybridized carbons (Fsp3) is 0.658. The van der Waals surface area contributed by atoms with Crippen molar-refractivity contribution >= 4 is 39.6 Å². The van der Waals surface area contributed by atoms with Crippen LogP contribution in [0.15, 0.2) is 43.0 Å². The van der Waals surface area contributed by atoms with Gasteiger partial charge < -0.3 is 26.2 Å². The van der Waals surface area contributed by atoms with Crippen LogP contribution in [0.1, 0.15) is 73.8 Å². The van der Waals surface area contributed by atoms with Crippen LogP contribution in [0.5, 0.6) is 0 Å². The summed E-state index contributed by atoms with van der Waals surface area (Å²) in [5.41, 5.74) is -0.762. The van der Waals surface area contributed by atoms with Gasteiger partial charge in [-0.3, -0.25) is 19.2 Å². The van der Waals surface area contributed by atoms with Crippen LogP contribution in [0.4, 0.5) is 4.79 Å². The molecular weight excluding hydrogens is 685 g/mol. The molecular formula is C38H58N6O7S. The molecule has 1 heterocycles. The number of rotatable bonds is 15. The van der Waals surface area contributed by atoms with Gasteiger partial charge in [-0.05, 0) is 52.4 Å². The topological polar surface area (TPSA) is 174 Å². The molecule has 0 spiro atoms. The summed E-state index contributed by atoms with van der Waals surface area (Å²) in [6.45, 7) is 19.4. The molecule has 0 aromatic heterocycles. The third-order valence-electron chi connectivity index (χ3n) is 10.9. The molecule has 52 heavy (non-hydrogen) atoms. The van der Waals surface area contributed by atoms with Gasteiger partial charge in [0.2, 0.25) is 27.6 Å². The van der Waals surface area contributed by atoms with E-state index in [0.717, 1.165) is 11.8 Å². The third-order valence-corrected chi connectivity index (χ3v) is 12.1. The van der Waals surface area contributed by atoms with Crippen molar-refractivity contribution < 1.29 is 32.4 Å². The number of hydrogen-bond donors (Lipinski definition) is 4. The van der Waals surface area contributed by atoms with Gasteiger partial charge in [0, 0.05) is 32.2 Å². The number of amides is 5.